The van der Waals surface area contributed by atoms with Gasteiger partial charge in [0.25, 0.3) is 0 Å². The monoisotopic (exact) mass is 385 g/mol. The Morgan fingerprint density at radius 3 is 2.62 bits per heavy atom. The minimum Gasteiger partial charge on any atom is -0.338 e. The summed E-state index contributed by atoms with van der Waals surface area (Å²) in [5, 5.41) is 0.491. The Morgan fingerprint density at radius 2 is 1.81 bits per heavy atom. The number of H-pyrrole nitrogens is 1. The molecule has 1 atom stereocenters. The molecule has 1 heterocycles. The normalized spacial score (nSPS) is 12.2. The molecule has 0 aliphatic rings. The Morgan fingerprint density at radius 1 is 1.04 bits per heavy atom. The molecule has 1 unspecified atom stereocenters. The van der Waals surface area contributed by atoms with E-state index < -0.39 is 11.0 Å². The summed E-state index contributed by atoms with van der Waals surface area (Å²) < 4.78 is 29.4. The number of fused-ring (bicyclic) bond motifs is 1. The lowest BCUT2D eigenvalue weighted by Crippen LogP contribution is -2.04. The fourth-order valence-corrected chi connectivity index (χ4v) is 3.74. The van der Waals surface area contributed by atoms with Crippen molar-refractivity contribution in [3.05, 3.63) is 77.6 Å². The number of anilines is 1. The number of nitrogens with one attached hydrogen (secondary N) is 2. The van der Waals surface area contributed by atoms with Gasteiger partial charge in [-0.05, 0) is 42.5 Å². The van der Waals surface area contributed by atoms with E-state index in [9.17, 15) is 8.60 Å². The van der Waals surface area contributed by atoms with Crippen molar-refractivity contribution >= 4 is 39.3 Å². The number of hydrogen-bond donors (Lipinski definition) is 2. The van der Waals surface area contributed by atoms with Crippen LogP contribution in [0.4, 0.5) is 10.1 Å². The summed E-state index contributed by atoms with van der Waals surface area (Å²) in [5.74, 6) is 0.0795. The SMILES string of the molecule is O=S(Nc1ccccc1Cl)c1ccc2nc(-c3ccccc3F)[nH]c2c1. The topological polar surface area (TPSA) is 57.8 Å². The van der Waals surface area contributed by atoms with Crippen LogP contribution in [0.2, 0.25) is 5.02 Å². The molecule has 1 aromatic heterocycles. The fraction of sp³-hybridized carbons (Fsp3) is 0. The summed E-state index contributed by atoms with van der Waals surface area (Å²) in [7, 11) is -1.50. The molecule has 0 aliphatic carbocycles. The molecule has 2 N–H and O–H groups in total. The number of para-hydroxylation sites is 1. The molecule has 0 fully saturated rings. The first-order chi connectivity index (χ1) is 12.6. The number of imidazole rings is 1. The lowest BCUT2D eigenvalue weighted by molar-refractivity contribution is 0.630. The highest BCUT2D eigenvalue weighted by Crippen LogP contribution is 2.26. The van der Waals surface area contributed by atoms with Gasteiger partial charge in [0.1, 0.15) is 22.6 Å². The predicted molar refractivity (Wildman–Crippen MR) is 103 cm³/mol. The van der Waals surface area contributed by atoms with E-state index in [0.717, 1.165) is 0 Å². The van der Waals surface area contributed by atoms with E-state index in [1.54, 1.807) is 54.6 Å². The maximum absolute atomic E-state index is 14.0. The lowest BCUT2D eigenvalue weighted by Gasteiger charge is -2.07. The zero-order valence-electron chi connectivity index (χ0n) is 13.4. The third-order valence-electron chi connectivity index (χ3n) is 3.87. The quantitative estimate of drug-likeness (QED) is 0.510. The number of aromatic nitrogens is 2. The van der Waals surface area contributed by atoms with Crippen molar-refractivity contribution in [3.8, 4) is 11.4 Å². The fourth-order valence-electron chi connectivity index (χ4n) is 2.59. The number of hydrogen-bond acceptors (Lipinski definition) is 2. The van der Waals surface area contributed by atoms with Gasteiger partial charge < -0.3 is 4.98 Å². The van der Waals surface area contributed by atoms with Gasteiger partial charge >= 0.3 is 0 Å². The minimum atomic E-state index is -1.50. The van der Waals surface area contributed by atoms with Crippen LogP contribution in [0, 0.1) is 5.82 Å². The van der Waals surface area contributed by atoms with Crippen LogP contribution < -0.4 is 4.72 Å². The van der Waals surface area contributed by atoms with Gasteiger partial charge in [-0.2, -0.15) is 0 Å². The van der Waals surface area contributed by atoms with Crippen LogP contribution in [-0.2, 0) is 11.0 Å². The summed E-state index contributed by atoms with van der Waals surface area (Å²) in [6.45, 7) is 0. The highest BCUT2D eigenvalue weighted by molar-refractivity contribution is 7.86. The third kappa shape index (κ3) is 3.21. The van der Waals surface area contributed by atoms with Gasteiger partial charge in [-0.15, -0.1) is 0 Å². The third-order valence-corrected chi connectivity index (χ3v) is 5.29. The van der Waals surface area contributed by atoms with Gasteiger partial charge in [-0.25, -0.2) is 13.6 Å². The highest BCUT2D eigenvalue weighted by atomic mass is 35.5. The van der Waals surface area contributed by atoms with E-state index in [1.165, 1.54) is 6.07 Å². The molecule has 3 aromatic carbocycles. The van der Waals surface area contributed by atoms with Crippen molar-refractivity contribution in [1.82, 2.24) is 9.97 Å². The number of nitrogens with zero attached hydrogens (tertiary/aromatic N) is 1. The van der Waals surface area contributed by atoms with Crippen LogP contribution in [0.5, 0.6) is 0 Å². The van der Waals surface area contributed by atoms with E-state index in [2.05, 4.69) is 14.7 Å². The largest absolute Gasteiger partial charge is 0.338 e. The summed E-state index contributed by atoms with van der Waals surface area (Å²) in [6, 6.07) is 18.7. The molecule has 0 aliphatic heterocycles. The molecule has 7 heteroatoms. The van der Waals surface area contributed by atoms with Crippen LogP contribution in [0.15, 0.2) is 71.6 Å². The molecule has 0 radical (unpaired) electrons. The summed E-state index contributed by atoms with van der Waals surface area (Å²) in [4.78, 5) is 8.05. The van der Waals surface area contributed by atoms with Gasteiger partial charge in [0.15, 0.2) is 0 Å². The van der Waals surface area contributed by atoms with Crippen molar-refractivity contribution in [1.29, 1.82) is 0 Å². The van der Waals surface area contributed by atoms with E-state index in [0.29, 0.717) is 38.0 Å². The molecular weight excluding hydrogens is 373 g/mol. The molecule has 4 nitrogen and oxygen atoms in total. The first-order valence-corrected chi connectivity index (χ1v) is 9.32. The Bertz CT molecular complexity index is 1130. The average Bonchev–Trinajstić information content (AvgIpc) is 3.07. The second-order valence-corrected chi connectivity index (χ2v) is 7.22. The number of aromatic amines is 1. The molecule has 4 rings (SSSR count). The second kappa shape index (κ2) is 6.90. The van der Waals surface area contributed by atoms with Gasteiger partial charge in [0.2, 0.25) is 0 Å². The molecule has 4 aromatic rings. The van der Waals surface area contributed by atoms with Crippen LogP contribution >= 0.6 is 11.6 Å². The van der Waals surface area contributed by atoms with Crippen molar-refractivity contribution < 1.29 is 8.60 Å². The molecule has 0 amide bonds. The molecule has 0 saturated heterocycles. The first-order valence-electron chi connectivity index (χ1n) is 7.79. The summed E-state index contributed by atoms with van der Waals surface area (Å²) in [6.07, 6.45) is 0. The second-order valence-electron chi connectivity index (χ2n) is 5.59. The molecule has 0 bridgehead atoms. The van der Waals surface area contributed by atoms with Crippen molar-refractivity contribution in [2.75, 3.05) is 4.72 Å². The van der Waals surface area contributed by atoms with E-state index in [1.807, 2.05) is 6.07 Å². The molecular formula is C19H13ClFN3OS. The lowest BCUT2D eigenvalue weighted by atomic mass is 10.2. The maximum atomic E-state index is 14.0. The Balaban J connectivity index is 1.67. The molecule has 0 spiro atoms. The van der Waals surface area contributed by atoms with Crippen LogP contribution in [0.1, 0.15) is 0 Å². The van der Waals surface area contributed by atoms with E-state index >= 15 is 0 Å². The van der Waals surface area contributed by atoms with Crippen molar-refractivity contribution in [2.24, 2.45) is 0 Å². The van der Waals surface area contributed by atoms with Gasteiger partial charge in [0, 0.05) is 0 Å². The molecule has 26 heavy (non-hydrogen) atoms. The summed E-state index contributed by atoms with van der Waals surface area (Å²) in [5.41, 5.74) is 2.32. The van der Waals surface area contributed by atoms with Crippen molar-refractivity contribution in [2.45, 2.75) is 4.90 Å². The van der Waals surface area contributed by atoms with Gasteiger partial charge in [0.05, 0.1) is 32.2 Å². The molecule has 0 saturated carbocycles. The summed E-state index contributed by atoms with van der Waals surface area (Å²) >= 11 is 6.09. The first kappa shape index (κ1) is 16.8. The average molecular weight is 386 g/mol. The zero-order chi connectivity index (χ0) is 18.1. The minimum absolute atomic E-state index is 0.351. The van der Waals surface area contributed by atoms with Crippen LogP contribution in [-0.4, -0.2) is 14.2 Å². The van der Waals surface area contributed by atoms with E-state index in [4.69, 9.17) is 11.6 Å². The van der Waals surface area contributed by atoms with Gasteiger partial charge in [-0.3, -0.25) is 4.72 Å². The smallest absolute Gasteiger partial charge is 0.150 e. The number of halogens is 2. The van der Waals surface area contributed by atoms with E-state index in [-0.39, 0.29) is 5.82 Å². The Labute approximate surface area is 156 Å². The van der Waals surface area contributed by atoms with Crippen LogP contribution in [0.25, 0.3) is 22.4 Å². The zero-order valence-corrected chi connectivity index (χ0v) is 14.9. The predicted octanol–water partition coefficient (Wildman–Crippen LogP) is 5.16. The van der Waals surface area contributed by atoms with Crippen LogP contribution in [0.3, 0.4) is 0 Å². The van der Waals surface area contributed by atoms with Gasteiger partial charge in [-0.1, -0.05) is 35.9 Å². The van der Waals surface area contributed by atoms with Crippen molar-refractivity contribution in [3.63, 3.8) is 0 Å². The molecule has 130 valence electrons. The number of benzene rings is 3. The highest BCUT2D eigenvalue weighted by Gasteiger charge is 2.12. The Kier molecular flexibility index (Phi) is 4.44. The standard InChI is InChI=1S/C19H13ClFN3OS/c20-14-6-2-4-8-16(14)24-26(25)12-9-10-17-18(11-12)23-19(22-17)13-5-1-3-7-15(13)21/h1-11,24H,(H,22,23). The number of rotatable bonds is 4. The Hall–Kier alpha value is -2.70. The maximum Gasteiger partial charge on any atom is 0.150 e.